The Morgan fingerprint density at radius 1 is 1.43 bits per heavy atom. The first-order valence-corrected chi connectivity index (χ1v) is 7.77. The van der Waals surface area contributed by atoms with E-state index in [0.29, 0.717) is 18.9 Å². The van der Waals surface area contributed by atoms with Gasteiger partial charge in [-0.2, -0.15) is 5.26 Å². The molecule has 0 radical (unpaired) electrons. The number of carbonyl (C=O) groups excluding carboxylic acids is 1. The van der Waals surface area contributed by atoms with Crippen molar-refractivity contribution in [1.29, 1.82) is 5.26 Å². The first-order chi connectivity index (χ1) is 11.1. The first kappa shape index (κ1) is 17.1. The van der Waals surface area contributed by atoms with Gasteiger partial charge in [-0.05, 0) is 44.4 Å². The molecule has 0 aliphatic carbocycles. The van der Waals surface area contributed by atoms with Gasteiger partial charge in [0.2, 0.25) is 0 Å². The van der Waals surface area contributed by atoms with Crippen LogP contribution in [0.25, 0.3) is 0 Å². The van der Waals surface area contributed by atoms with E-state index in [9.17, 15) is 10.1 Å². The number of carbonyl (C=O) groups is 1. The lowest BCUT2D eigenvalue weighted by atomic mass is 9.77. The fraction of sp³-hybridized carbons (Fsp3) is 0.529. The molecule has 124 valence electrons. The molecule has 0 aromatic heterocycles. The highest BCUT2D eigenvalue weighted by atomic mass is 16.5. The lowest BCUT2D eigenvalue weighted by Gasteiger charge is -2.33. The molecular formula is C17H23N3O3. The van der Waals surface area contributed by atoms with Crippen LogP contribution in [-0.2, 0) is 9.47 Å². The van der Waals surface area contributed by atoms with Crippen LogP contribution in [0.1, 0.15) is 26.2 Å². The third kappa shape index (κ3) is 4.86. The molecule has 1 fully saturated rings. The van der Waals surface area contributed by atoms with Crippen molar-refractivity contribution >= 4 is 17.5 Å². The summed E-state index contributed by atoms with van der Waals surface area (Å²) in [5.74, 6) is 0. The van der Waals surface area contributed by atoms with Gasteiger partial charge in [-0.15, -0.1) is 0 Å². The van der Waals surface area contributed by atoms with Gasteiger partial charge in [-0.3, -0.25) is 5.32 Å². The summed E-state index contributed by atoms with van der Waals surface area (Å²) in [6.45, 7) is 3.37. The van der Waals surface area contributed by atoms with Crippen LogP contribution in [0.5, 0.6) is 0 Å². The van der Waals surface area contributed by atoms with Crippen LogP contribution in [0.2, 0.25) is 0 Å². The molecule has 1 aliphatic rings. The summed E-state index contributed by atoms with van der Waals surface area (Å²) in [5.41, 5.74) is 1.24. The van der Waals surface area contributed by atoms with E-state index in [-0.39, 0.29) is 11.5 Å². The standard InChI is InChI=1S/C17H23N3O3/c1-13(11-17(12-18)6-8-23-9-7-17)19-14-4-3-5-15(10-14)20-16(21)22-2/h3-5,10,13,19H,6-9,11H2,1-2H3,(H,20,21). The summed E-state index contributed by atoms with van der Waals surface area (Å²) in [6, 6.07) is 10.1. The molecule has 2 rings (SSSR count). The van der Waals surface area contributed by atoms with Crippen molar-refractivity contribution in [2.24, 2.45) is 5.41 Å². The lowest BCUT2D eigenvalue weighted by Crippen LogP contribution is -2.33. The van der Waals surface area contributed by atoms with Crippen LogP contribution in [0.4, 0.5) is 16.2 Å². The molecule has 1 aliphatic heterocycles. The van der Waals surface area contributed by atoms with Gasteiger partial charge in [0.05, 0.1) is 18.6 Å². The molecule has 6 heteroatoms. The first-order valence-electron chi connectivity index (χ1n) is 7.77. The minimum atomic E-state index is -0.499. The van der Waals surface area contributed by atoms with E-state index in [1.165, 1.54) is 7.11 Å². The predicted octanol–water partition coefficient (Wildman–Crippen LogP) is 3.38. The highest BCUT2D eigenvalue weighted by Gasteiger charge is 2.34. The smallest absolute Gasteiger partial charge is 0.411 e. The van der Waals surface area contributed by atoms with Crippen molar-refractivity contribution in [3.05, 3.63) is 24.3 Å². The Bertz CT molecular complexity index is 577. The third-order valence-electron chi connectivity index (χ3n) is 4.09. The summed E-state index contributed by atoms with van der Waals surface area (Å²) in [7, 11) is 1.33. The zero-order chi connectivity index (χ0) is 16.7. The summed E-state index contributed by atoms with van der Waals surface area (Å²) in [6.07, 6.45) is 1.82. The molecule has 1 unspecified atom stereocenters. The fourth-order valence-electron chi connectivity index (χ4n) is 2.90. The molecule has 1 atom stereocenters. The SMILES string of the molecule is COC(=O)Nc1cccc(NC(C)CC2(C#N)CCOCC2)c1. The molecule has 2 N–H and O–H groups in total. The monoisotopic (exact) mass is 317 g/mol. The second-order valence-corrected chi connectivity index (χ2v) is 5.95. The number of rotatable bonds is 5. The van der Waals surface area contributed by atoms with Gasteiger partial charge in [0, 0.05) is 30.6 Å². The van der Waals surface area contributed by atoms with Gasteiger partial charge < -0.3 is 14.8 Å². The molecule has 23 heavy (non-hydrogen) atoms. The van der Waals surface area contributed by atoms with Crippen molar-refractivity contribution in [2.45, 2.75) is 32.2 Å². The highest BCUT2D eigenvalue weighted by Crippen LogP contribution is 2.35. The maximum absolute atomic E-state index is 11.3. The van der Waals surface area contributed by atoms with E-state index in [2.05, 4.69) is 28.4 Å². The van der Waals surface area contributed by atoms with Gasteiger partial charge >= 0.3 is 6.09 Å². The van der Waals surface area contributed by atoms with Crippen LogP contribution in [-0.4, -0.2) is 32.5 Å². The van der Waals surface area contributed by atoms with Crippen molar-refractivity contribution in [1.82, 2.24) is 0 Å². The van der Waals surface area contributed by atoms with Gasteiger partial charge in [-0.1, -0.05) is 6.07 Å². The summed E-state index contributed by atoms with van der Waals surface area (Å²) < 4.78 is 9.95. The molecule has 1 heterocycles. The predicted molar refractivity (Wildman–Crippen MR) is 88.3 cm³/mol. The number of amides is 1. The number of ether oxygens (including phenoxy) is 2. The number of nitrogens with one attached hydrogen (secondary N) is 2. The molecule has 1 aromatic rings. The third-order valence-corrected chi connectivity index (χ3v) is 4.09. The Morgan fingerprint density at radius 3 is 2.78 bits per heavy atom. The van der Waals surface area contributed by atoms with Crippen LogP contribution in [0, 0.1) is 16.7 Å². The van der Waals surface area contributed by atoms with Crippen LogP contribution < -0.4 is 10.6 Å². The molecule has 6 nitrogen and oxygen atoms in total. The quantitative estimate of drug-likeness (QED) is 0.870. The fourth-order valence-corrected chi connectivity index (χ4v) is 2.90. The second kappa shape index (κ2) is 7.84. The minimum Gasteiger partial charge on any atom is -0.453 e. The van der Waals surface area contributed by atoms with E-state index >= 15 is 0 Å². The van der Waals surface area contributed by atoms with Crippen molar-refractivity contribution in [3.63, 3.8) is 0 Å². The van der Waals surface area contributed by atoms with E-state index in [0.717, 1.165) is 24.9 Å². The van der Waals surface area contributed by atoms with E-state index in [4.69, 9.17) is 4.74 Å². The average molecular weight is 317 g/mol. The Labute approximate surface area is 136 Å². The summed E-state index contributed by atoms with van der Waals surface area (Å²) in [4.78, 5) is 11.3. The number of benzene rings is 1. The largest absolute Gasteiger partial charge is 0.453 e. The normalized spacial score (nSPS) is 17.6. The molecule has 1 amide bonds. The van der Waals surface area contributed by atoms with Crippen LogP contribution in [0.3, 0.4) is 0 Å². The number of hydrogen-bond donors (Lipinski definition) is 2. The van der Waals surface area contributed by atoms with Crippen LogP contribution in [0.15, 0.2) is 24.3 Å². The Balaban J connectivity index is 1.97. The van der Waals surface area contributed by atoms with Crippen molar-refractivity contribution in [2.75, 3.05) is 31.0 Å². The molecule has 0 bridgehead atoms. The molecule has 0 saturated carbocycles. The second-order valence-electron chi connectivity index (χ2n) is 5.95. The Morgan fingerprint density at radius 2 is 2.13 bits per heavy atom. The van der Waals surface area contributed by atoms with Crippen molar-refractivity contribution in [3.8, 4) is 6.07 Å². The minimum absolute atomic E-state index is 0.140. The van der Waals surface area contributed by atoms with Gasteiger partial charge in [0.15, 0.2) is 0 Å². The topological polar surface area (TPSA) is 83.4 Å². The van der Waals surface area contributed by atoms with Gasteiger partial charge in [0.25, 0.3) is 0 Å². The average Bonchev–Trinajstić information content (AvgIpc) is 2.55. The van der Waals surface area contributed by atoms with Crippen molar-refractivity contribution < 1.29 is 14.3 Å². The zero-order valence-electron chi connectivity index (χ0n) is 13.6. The number of nitriles is 1. The lowest BCUT2D eigenvalue weighted by molar-refractivity contribution is 0.0356. The number of hydrogen-bond acceptors (Lipinski definition) is 5. The number of methoxy groups -OCH3 is 1. The van der Waals surface area contributed by atoms with Gasteiger partial charge in [-0.25, -0.2) is 4.79 Å². The highest BCUT2D eigenvalue weighted by molar-refractivity contribution is 5.85. The van der Waals surface area contributed by atoms with Gasteiger partial charge in [0.1, 0.15) is 0 Å². The van der Waals surface area contributed by atoms with Crippen LogP contribution >= 0.6 is 0 Å². The molecule has 1 saturated heterocycles. The summed E-state index contributed by atoms with van der Waals surface area (Å²) >= 11 is 0. The Hall–Kier alpha value is -2.26. The summed E-state index contributed by atoms with van der Waals surface area (Å²) in [5, 5.41) is 15.6. The zero-order valence-corrected chi connectivity index (χ0v) is 13.6. The maximum Gasteiger partial charge on any atom is 0.411 e. The van der Waals surface area contributed by atoms with E-state index < -0.39 is 6.09 Å². The molecular weight excluding hydrogens is 294 g/mol. The molecule has 0 spiro atoms. The van der Waals surface area contributed by atoms with E-state index in [1.807, 2.05) is 18.2 Å². The Kier molecular flexibility index (Phi) is 5.83. The maximum atomic E-state index is 11.3. The van der Waals surface area contributed by atoms with E-state index in [1.54, 1.807) is 6.07 Å². The number of anilines is 2. The number of nitrogens with zero attached hydrogens (tertiary/aromatic N) is 1. The molecule has 1 aromatic carbocycles.